The number of hydrogen-bond acceptors (Lipinski definition) is 5. The number of amides is 1. The number of benzene rings is 1. The average Bonchev–Trinajstić information content (AvgIpc) is 2.70. The molecule has 1 atom stereocenters. The van der Waals surface area contributed by atoms with Crippen molar-refractivity contribution in [3.05, 3.63) is 29.6 Å². The highest BCUT2D eigenvalue weighted by Gasteiger charge is 2.38. The summed E-state index contributed by atoms with van der Waals surface area (Å²) in [7, 11) is 1.22. The van der Waals surface area contributed by atoms with Gasteiger partial charge in [0.2, 0.25) is 0 Å². The van der Waals surface area contributed by atoms with E-state index in [1.807, 2.05) is 0 Å². The number of fused-ring (bicyclic) bond motifs is 1. The Hall–Kier alpha value is -2.28. The van der Waals surface area contributed by atoms with Crippen LogP contribution in [0, 0.1) is 11.7 Å². The lowest BCUT2D eigenvalue weighted by Gasteiger charge is -2.15. The van der Waals surface area contributed by atoms with Gasteiger partial charge in [0.05, 0.1) is 30.9 Å². The van der Waals surface area contributed by atoms with E-state index in [2.05, 4.69) is 9.84 Å². The third-order valence-electron chi connectivity index (χ3n) is 3.79. The van der Waals surface area contributed by atoms with Gasteiger partial charge in [-0.2, -0.15) is 10.1 Å². The number of carbonyl (C=O) groups excluding carboxylic acids is 2. The van der Waals surface area contributed by atoms with E-state index in [9.17, 15) is 14.0 Å². The first-order valence-electron chi connectivity index (χ1n) is 6.98. The van der Waals surface area contributed by atoms with Crippen molar-refractivity contribution in [2.24, 2.45) is 11.0 Å². The lowest BCUT2D eigenvalue weighted by atomic mass is 9.98. The molecule has 0 bridgehead atoms. The number of esters is 1. The van der Waals surface area contributed by atoms with Crippen molar-refractivity contribution in [2.75, 3.05) is 25.3 Å². The van der Waals surface area contributed by atoms with Crippen LogP contribution in [0.4, 0.5) is 10.1 Å². The van der Waals surface area contributed by atoms with Gasteiger partial charge >= 0.3 is 5.97 Å². The quantitative estimate of drug-likeness (QED) is 0.781. The molecular weight excluding hydrogens is 291 g/mol. The Balaban J connectivity index is 1.91. The summed E-state index contributed by atoms with van der Waals surface area (Å²) in [6.45, 7) is 1.01. The Labute approximate surface area is 126 Å². The zero-order valence-electron chi connectivity index (χ0n) is 12.0. The maximum Gasteiger partial charge on any atom is 0.337 e. The molecule has 6 nitrogen and oxygen atoms in total. The maximum absolute atomic E-state index is 14.2. The van der Waals surface area contributed by atoms with Gasteiger partial charge in [0.25, 0.3) is 5.91 Å². The van der Waals surface area contributed by atoms with E-state index in [0.29, 0.717) is 26.1 Å². The number of rotatable bonds is 2. The van der Waals surface area contributed by atoms with Crippen LogP contribution in [0.25, 0.3) is 0 Å². The molecular formula is C15H15FN2O4. The molecule has 1 fully saturated rings. The molecule has 0 aliphatic carbocycles. The predicted molar refractivity (Wildman–Crippen MR) is 76.2 cm³/mol. The van der Waals surface area contributed by atoms with Gasteiger partial charge in [-0.05, 0) is 24.6 Å². The van der Waals surface area contributed by atoms with Crippen LogP contribution in [0.1, 0.15) is 23.2 Å². The smallest absolute Gasteiger partial charge is 0.337 e. The maximum atomic E-state index is 14.2. The van der Waals surface area contributed by atoms with E-state index in [-0.39, 0.29) is 23.1 Å². The molecule has 2 heterocycles. The molecule has 1 aromatic carbocycles. The molecule has 7 heteroatoms. The highest BCUT2D eigenvalue weighted by Crippen LogP contribution is 2.30. The minimum atomic E-state index is -0.687. The van der Waals surface area contributed by atoms with Gasteiger partial charge in [0.1, 0.15) is 11.5 Å². The van der Waals surface area contributed by atoms with E-state index in [0.717, 1.165) is 16.8 Å². The summed E-state index contributed by atoms with van der Waals surface area (Å²) in [5.74, 6) is -1.92. The largest absolute Gasteiger partial charge is 0.465 e. The van der Waals surface area contributed by atoms with Crippen LogP contribution in [0.3, 0.4) is 0 Å². The summed E-state index contributed by atoms with van der Waals surface area (Å²) in [5.41, 5.74) is 0.851. The zero-order chi connectivity index (χ0) is 15.7. The first kappa shape index (κ1) is 14.6. The molecule has 1 unspecified atom stereocenters. The molecule has 0 saturated carbocycles. The third-order valence-corrected chi connectivity index (χ3v) is 3.79. The molecule has 0 aromatic heterocycles. The number of hydrazone groups is 1. The molecule has 22 heavy (non-hydrogen) atoms. The van der Waals surface area contributed by atoms with Crippen LogP contribution in [0.2, 0.25) is 0 Å². The highest BCUT2D eigenvalue weighted by atomic mass is 19.1. The monoisotopic (exact) mass is 306 g/mol. The van der Waals surface area contributed by atoms with Crippen LogP contribution in [0.15, 0.2) is 23.3 Å². The van der Waals surface area contributed by atoms with Crippen molar-refractivity contribution in [3.8, 4) is 0 Å². The molecule has 1 saturated heterocycles. The van der Waals surface area contributed by atoms with E-state index >= 15 is 0 Å². The average molecular weight is 306 g/mol. The SMILES string of the molecule is COC(=O)c1ccc(N2N=C3CCOCCC3C2=O)c(F)c1. The summed E-state index contributed by atoms with van der Waals surface area (Å²) in [4.78, 5) is 23.8. The topological polar surface area (TPSA) is 68.2 Å². The Morgan fingerprint density at radius 3 is 3.00 bits per heavy atom. The van der Waals surface area contributed by atoms with Crippen LogP contribution in [-0.4, -0.2) is 37.9 Å². The molecule has 0 spiro atoms. The van der Waals surface area contributed by atoms with Gasteiger partial charge in [-0.1, -0.05) is 0 Å². The van der Waals surface area contributed by atoms with Gasteiger partial charge in [-0.25, -0.2) is 9.18 Å². The molecule has 116 valence electrons. The van der Waals surface area contributed by atoms with Crippen molar-refractivity contribution >= 4 is 23.3 Å². The second-order valence-corrected chi connectivity index (χ2v) is 5.10. The molecule has 3 rings (SSSR count). The normalized spacial score (nSPS) is 21.2. The van der Waals surface area contributed by atoms with Gasteiger partial charge in [-0.15, -0.1) is 0 Å². The molecule has 2 aliphatic heterocycles. The van der Waals surface area contributed by atoms with Crippen molar-refractivity contribution in [2.45, 2.75) is 12.8 Å². The van der Waals surface area contributed by atoms with Gasteiger partial charge < -0.3 is 9.47 Å². The van der Waals surface area contributed by atoms with Crippen molar-refractivity contribution in [1.82, 2.24) is 0 Å². The Bertz CT molecular complexity index is 659. The van der Waals surface area contributed by atoms with Gasteiger partial charge in [0, 0.05) is 13.0 Å². The molecule has 0 radical (unpaired) electrons. The summed E-state index contributed by atoms with van der Waals surface area (Å²) < 4.78 is 24.1. The minimum Gasteiger partial charge on any atom is -0.465 e. The van der Waals surface area contributed by atoms with Crippen LogP contribution < -0.4 is 5.01 Å². The zero-order valence-corrected chi connectivity index (χ0v) is 12.0. The first-order chi connectivity index (χ1) is 10.6. The Morgan fingerprint density at radius 2 is 2.27 bits per heavy atom. The van der Waals surface area contributed by atoms with Crippen molar-refractivity contribution in [1.29, 1.82) is 0 Å². The number of halogens is 1. The van der Waals surface area contributed by atoms with E-state index in [4.69, 9.17) is 4.74 Å². The summed E-state index contributed by atoms with van der Waals surface area (Å²) in [5, 5.41) is 5.33. The van der Waals surface area contributed by atoms with E-state index in [1.54, 1.807) is 0 Å². The first-order valence-corrected chi connectivity index (χ1v) is 6.98. The summed E-state index contributed by atoms with van der Waals surface area (Å²) in [6, 6.07) is 3.83. The molecule has 2 aliphatic rings. The minimum absolute atomic E-state index is 0.0409. The summed E-state index contributed by atoms with van der Waals surface area (Å²) >= 11 is 0. The lowest BCUT2D eigenvalue weighted by molar-refractivity contribution is -0.120. The Morgan fingerprint density at radius 1 is 1.45 bits per heavy atom. The third kappa shape index (κ3) is 2.48. The number of carbonyl (C=O) groups is 2. The number of nitrogens with zero attached hydrogens (tertiary/aromatic N) is 2. The second kappa shape index (κ2) is 5.84. The van der Waals surface area contributed by atoms with Crippen LogP contribution in [0.5, 0.6) is 0 Å². The molecule has 1 aromatic rings. The predicted octanol–water partition coefficient (Wildman–Crippen LogP) is 1.74. The van der Waals surface area contributed by atoms with Crippen LogP contribution in [-0.2, 0) is 14.3 Å². The summed E-state index contributed by atoms with van der Waals surface area (Å²) in [6.07, 6.45) is 1.12. The number of methoxy groups -OCH3 is 1. The molecule has 0 N–H and O–H groups in total. The fourth-order valence-corrected chi connectivity index (χ4v) is 2.63. The van der Waals surface area contributed by atoms with Gasteiger partial charge in [-0.3, -0.25) is 4.79 Å². The van der Waals surface area contributed by atoms with Crippen molar-refractivity contribution < 1.29 is 23.5 Å². The highest BCUT2D eigenvalue weighted by molar-refractivity contribution is 6.15. The fourth-order valence-electron chi connectivity index (χ4n) is 2.63. The van der Waals surface area contributed by atoms with Crippen LogP contribution >= 0.6 is 0 Å². The van der Waals surface area contributed by atoms with Crippen molar-refractivity contribution in [3.63, 3.8) is 0 Å². The standard InChI is InChI=1S/C15H15FN2O4/c1-21-15(20)9-2-3-13(11(16)8-9)18-14(19)10-4-6-22-7-5-12(10)17-18/h2-3,8,10H,4-7H2,1H3. The van der Waals surface area contributed by atoms with Gasteiger partial charge in [0.15, 0.2) is 0 Å². The second-order valence-electron chi connectivity index (χ2n) is 5.10. The van der Waals surface area contributed by atoms with E-state index < -0.39 is 11.8 Å². The number of hydrogen-bond donors (Lipinski definition) is 0. The van der Waals surface area contributed by atoms with E-state index in [1.165, 1.54) is 19.2 Å². The number of ether oxygens (including phenoxy) is 2. The Kier molecular flexibility index (Phi) is 3.89. The fraction of sp³-hybridized carbons (Fsp3) is 0.400. The molecule has 1 amide bonds. The number of anilines is 1. The lowest BCUT2D eigenvalue weighted by Crippen LogP contribution is -2.28.